The summed E-state index contributed by atoms with van der Waals surface area (Å²) in [7, 11) is 5.46. The van der Waals surface area contributed by atoms with E-state index in [1.807, 2.05) is 42.9 Å². The van der Waals surface area contributed by atoms with Crippen LogP contribution in [0.5, 0.6) is 5.75 Å². The maximum atomic E-state index is 16.4. The normalized spacial score (nSPS) is 21.8. The van der Waals surface area contributed by atoms with Gasteiger partial charge in [-0.25, -0.2) is 9.18 Å². The minimum Gasteiger partial charge on any atom is -0.497 e. The summed E-state index contributed by atoms with van der Waals surface area (Å²) in [6.45, 7) is 5.90. The summed E-state index contributed by atoms with van der Waals surface area (Å²) >= 11 is 0. The lowest BCUT2D eigenvalue weighted by Gasteiger charge is -2.37. The third-order valence-corrected chi connectivity index (χ3v) is 28.6. The topological polar surface area (TPSA) is 494 Å². The van der Waals surface area contributed by atoms with Crippen molar-refractivity contribution in [2.45, 2.75) is 338 Å². The first-order chi connectivity index (χ1) is 70.5. The molecule has 0 spiro atoms. The molecule has 12 amide bonds. The van der Waals surface area contributed by atoms with Crippen molar-refractivity contribution in [2.75, 3.05) is 93.5 Å². The van der Waals surface area contributed by atoms with E-state index in [9.17, 15) is 58.2 Å². The van der Waals surface area contributed by atoms with Crippen LogP contribution in [-0.4, -0.2) is 293 Å². The summed E-state index contributed by atoms with van der Waals surface area (Å²) in [5, 5.41) is 55.8. The second kappa shape index (κ2) is 61.1. The van der Waals surface area contributed by atoms with E-state index >= 15 is 33.2 Å². The molecule has 38 heteroatoms. The summed E-state index contributed by atoms with van der Waals surface area (Å²) in [5.41, 5.74) is 2.56. The van der Waals surface area contributed by atoms with Crippen LogP contribution in [0, 0.1) is 13.2 Å². The number of halogens is 1. The van der Waals surface area contributed by atoms with Crippen molar-refractivity contribution in [2.24, 2.45) is 0 Å². The van der Waals surface area contributed by atoms with Crippen molar-refractivity contribution in [1.29, 1.82) is 0 Å². The van der Waals surface area contributed by atoms with Gasteiger partial charge < -0.3 is 113 Å². The molecule has 0 aliphatic carbocycles. The minimum atomic E-state index is -1.89. The van der Waals surface area contributed by atoms with Crippen LogP contribution in [-0.2, 0) is 136 Å². The molecule has 0 radical (unpaired) electrons. The predicted molar refractivity (Wildman–Crippen MR) is 552 cm³/mol. The van der Waals surface area contributed by atoms with Gasteiger partial charge in [0.25, 0.3) is 0 Å². The number of nitrogens with one attached hydrogen (secondary N) is 9. The van der Waals surface area contributed by atoms with E-state index in [2.05, 4.69) is 47.9 Å². The maximum absolute atomic E-state index is 16.4. The first-order valence-electron chi connectivity index (χ1n) is 52.9. The van der Waals surface area contributed by atoms with Gasteiger partial charge in [0, 0.05) is 140 Å². The number of hydrogen-bond donors (Lipinski definition) is 12. The number of hydrogen-bond acceptors (Lipinski definition) is 21. The summed E-state index contributed by atoms with van der Waals surface area (Å²) in [5.74, 6) is -11.7. The lowest BCUT2D eigenvalue weighted by Crippen LogP contribution is -2.64. The summed E-state index contributed by atoms with van der Waals surface area (Å²) < 4.78 is 41.9. The molecule has 11 rings (SSSR count). The molecule has 37 nitrogen and oxygen atoms in total. The molecule has 2 fully saturated rings. The van der Waals surface area contributed by atoms with Gasteiger partial charge in [-0.3, -0.25) is 71.9 Å². The second-order valence-corrected chi connectivity index (χ2v) is 40.8. The number of quaternary nitrogens is 1. The fraction of sp³-hybridized carbons (Fsp3) is 0.609. The molecule has 11 atom stereocenters. The lowest BCUT2D eigenvalue weighted by molar-refractivity contribution is -0.890. The highest BCUT2D eigenvalue weighted by molar-refractivity contribution is 6.01. The van der Waals surface area contributed by atoms with E-state index in [0.29, 0.717) is 121 Å². The number of fused-ring (bicyclic) bond motifs is 16. The number of aromatic nitrogens is 1. The van der Waals surface area contributed by atoms with Crippen molar-refractivity contribution in [3.63, 3.8) is 0 Å². The van der Waals surface area contributed by atoms with E-state index in [1.54, 1.807) is 72.6 Å². The number of ether oxygens (including phenoxy) is 4. The molecule has 148 heavy (non-hydrogen) atoms. The highest BCUT2D eigenvalue weighted by Crippen LogP contribution is 2.33. The summed E-state index contributed by atoms with van der Waals surface area (Å²) in [6.07, 6.45) is 15.3. The minimum absolute atomic E-state index is 0. The van der Waals surface area contributed by atoms with Gasteiger partial charge in [0.2, 0.25) is 70.9 Å². The largest absolute Gasteiger partial charge is 0.497 e. The monoisotopic (exact) mass is 2060 g/mol. The summed E-state index contributed by atoms with van der Waals surface area (Å²) in [4.78, 5) is 233. The Labute approximate surface area is 868 Å². The van der Waals surface area contributed by atoms with Gasteiger partial charge in [-0.15, -0.1) is 0 Å². The van der Waals surface area contributed by atoms with E-state index in [-0.39, 0.29) is 174 Å². The molecule has 12 bridgehead atoms. The maximum Gasteiger partial charge on any atom is 0.326 e. The Morgan fingerprint density at radius 3 is 1.91 bits per heavy atom. The molecule has 4 aromatic carbocycles. The predicted octanol–water partition coefficient (Wildman–Crippen LogP) is 8.50. The number of carboxylic acid groups (broad SMARTS) is 2. The van der Waals surface area contributed by atoms with Gasteiger partial charge in [-0.2, -0.15) is 0 Å². The lowest BCUT2D eigenvalue weighted by atomic mass is 9.95. The number of aliphatic hydroxyl groups excluding tert-OH is 1. The average Bonchev–Trinajstić information content (AvgIpc) is 1.63. The Kier molecular flexibility index (Phi) is 49.3. The molecule has 814 valence electrons. The molecule has 12 N–H and O–H groups in total. The number of benzene rings is 4. The number of carbonyl (C=O) groups excluding carboxylic acids is 14. The molecule has 0 unspecified atom stereocenters. The van der Waals surface area contributed by atoms with E-state index < -0.39 is 162 Å². The number of carboxylic acids is 2. The van der Waals surface area contributed by atoms with Crippen molar-refractivity contribution in [1.82, 2.24) is 67.1 Å². The van der Waals surface area contributed by atoms with Crippen LogP contribution >= 0.6 is 0 Å². The first kappa shape index (κ1) is 119. The molecule has 7 heterocycles. The molecular weight excluding hydrogens is 1900 g/mol. The van der Waals surface area contributed by atoms with Crippen molar-refractivity contribution >= 4 is 105 Å². The standard InChI is InChI=1S/C109H155FN14O23.CH3/c1-73-100(134)115-86(44-40-83(127)51-60-145-62-63-146-61-59-124(4,5)58-26-30-82(126)41-45-87(107(141)142)114-93(128)31-21-17-15-13-11-9-7-8-10-12-14-16-18-22-32-97(132)133)101(135)116-88-66-78-28-25-29-79(64-78)69-112-95(130)72-147-92-50-57-122-99(92)104(138)119-98(74(2)125)103(137)118-89(65-76-37-42-84(144-6)43-38-76)106(140)123-56-27-52-109(123,3)108(143)111-53-49-75-33-35-77(36-34-75)70-121(96(131)48-47-94(129)113-73)55-24-20-19-23-54-120-71-80(67-90(105(122)139)117-102(88)136)85-68-81(110)39-46-91(85)120;/h25,28-29,33-39,42-43,46,64,68,71,73-74,86-90,92,98-99,125H,7-24,26-27,30-32,40-41,44-45,47-63,65-67,69-70,72H2,1-6H3,(H10-,111,112,113,114,115,116,117,118,119,128,129,130,132,133,134,135,136,137,138,141,142,143);1H3/q;-1/p+1/t73-,74+,86+,87-,88-,89-,90-,92-,98-,99-,109-;/m0./s1. The SMILES string of the molecule is COc1ccc(C[C@@H]2NC(=O)[C@H]([C@@H](C)O)NC(=O)[C@@H]3[C@@H]4CCN3C(=O)[C@@H]3Cc5cn(c6ccc(F)cc56)CCCCCCN(Cc5ccc(cc5)CCNC(=O)[C@]5(C)CCCN5C2=O)C(=O)CCC(=O)N[C@@H](C)C(=O)N[C@H](CCC(=O)CCOCCOCC[N+](C)(C)CCCC(=O)CC[C@H](NC(=O)CCCCCCCCCCCCCCCCC(=O)O)C(=O)O)C(=O)N[C@@H](Cc2cccc(c2)CNC(=O)CO4)C(=O)N3)cc1.[CH3-]. The number of Topliss-reactive ketones (excluding diaryl/α,β-unsaturated/α-hetero) is 2. The van der Waals surface area contributed by atoms with Crippen LogP contribution in [0.2, 0.25) is 0 Å². The molecular formula is C110H159FN14O23. The number of carbonyl (C=O) groups is 16. The van der Waals surface area contributed by atoms with Crippen LogP contribution < -0.4 is 52.6 Å². The van der Waals surface area contributed by atoms with Crippen LogP contribution in [0.1, 0.15) is 260 Å². The van der Waals surface area contributed by atoms with Gasteiger partial charge in [0.05, 0.1) is 66.4 Å². The van der Waals surface area contributed by atoms with Crippen LogP contribution in [0.3, 0.4) is 0 Å². The van der Waals surface area contributed by atoms with Gasteiger partial charge >= 0.3 is 11.9 Å². The van der Waals surface area contributed by atoms with Crippen molar-refractivity contribution in [3.05, 3.63) is 144 Å². The molecule has 6 aliphatic heterocycles. The average molecular weight is 2060 g/mol. The van der Waals surface area contributed by atoms with Gasteiger partial charge in [0.1, 0.15) is 90.2 Å². The Morgan fingerprint density at radius 1 is 0.581 bits per heavy atom. The molecule has 0 saturated carbocycles. The third kappa shape index (κ3) is 38.8. The zero-order valence-electron chi connectivity index (χ0n) is 87.5. The Hall–Kier alpha value is -12.1. The first-order valence-corrected chi connectivity index (χ1v) is 52.9. The third-order valence-electron chi connectivity index (χ3n) is 28.6. The van der Waals surface area contributed by atoms with E-state index in [4.69, 9.17) is 24.1 Å². The zero-order chi connectivity index (χ0) is 106. The Balaban J connectivity index is 0.0000243. The number of nitrogens with zero attached hydrogens (tertiary/aromatic N) is 5. The number of likely N-dealkylation sites (N-methyl/N-ethyl adjacent to an activating group) is 1. The Morgan fingerprint density at radius 2 is 1.23 bits per heavy atom. The fourth-order valence-corrected chi connectivity index (χ4v) is 19.7. The number of ketones is 2. The van der Waals surface area contributed by atoms with Crippen molar-refractivity contribution < 1.29 is 120 Å². The molecule has 2 saturated heterocycles. The molecule has 5 aromatic rings. The summed E-state index contributed by atoms with van der Waals surface area (Å²) in [6, 6.07) is 12.4. The number of aryl methyl sites for hydroxylation is 1. The van der Waals surface area contributed by atoms with E-state index in [1.165, 1.54) is 63.7 Å². The van der Waals surface area contributed by atoms with Crippen LogP contribution in [0.25, 0.3) is 10.9 Å². The number of rotatable bonds is 42. The quantitative estimate of drug-likeness (QED) is 0.00989. The smallest absolute Gasteiger partial charge is 0.326 e. The highest BCUT2D eigenvalue weighted by Gasteiger charge is 2.50. The number of aliphatic carboxylic acids is 2. The van der Waals surface area contributed by atoms with Gasteiger partial charge in [0.15, 0.2) is 0 Å². The van der Waals surface area contributed by atoms with Crippen molar-refractivity contribution in [3.8, 4) is 5.75 Å². The van der Waals surface area contributed by atoms with E-state index in [0.717, 1.165) is 73.8 Å². The molecule has 1 aromatic heterocycles. The second-order valence-electron chi connectivity index (χ2n) is 40.8. The number of methoxy groups -OCH3 is 1. The molecule has 6 aliphatic rings. The van der Waals surface area contributed by atoms with Gasteiger partial charge in [-0.05, 0) is 149 Å². The van der Waals surface area contributed by atoms with Gasteiger partial charge in [-0.1, -0.05) is 151 Å². The number of unbranched alkanes of at least 4 members (excludes halogenated alkanes) is 13. The Bertz CT molecular complexity index is 5250. The van der Waals surface area contributed by atoms with Crippen LogP contribution in [0.4, 0.5) is 4.39 Å². The zero-order valence-corrected chi connectivity index (χ0v) is 87.5. The number of aliphatic hydroxyl groups is 1. The van der Waals surface area contributed by atoms with Crippen LogP contribution in [0.15, 0.2) is 97.2 Å². The number of amides is 12. The highest BCUT2D eigenvalue weighted by atomic mass is 19.1. The fourth-order valence-electron chi connectivity index (χ4n) is 19.7.